The Morgan fingerprint density at radius 2 is 2.00 bits per heavy atom. The van der Waals surface area contributed by atoms with Crippen molar-refractivity contribution in [3.05, 3.63) is 64.9 Å². The van der Waals surface area contributed by atoms with Crippen LogP contribution >= 0.6 is 22.9 Å². The highest BCUT2D eigenvalue weighted by Crippen LogP contribution is 2.25. The van der Waals surface area contributed by atoms with Gasteiger partial charge in [-0.1, -0.05) is 41.1 Å². The van der Waals surface area contributed by atoms with Crippen molar-refractivity contribution in [2.75, 3.05) is 12.4 Å². The molecule has 4 rings (SSSR count). The SMILES string of the molecule is COc1ccc(Cc2nnc3sc(Nc4cccc(Cl)c4)nn23)cc1. The summed E-state index contributed by atoms with van der Waals surface area (Å²) >= 11 is 7.45. The Kier molecular flexibility index (Phi) is 4.25. The highest BCUT2D eigenvalue weighted by molar-refractivity contribution is 7.20. The van der Waals surface area contributed by atoms with E-state index in [9.17, 15) is 0 Å². The van der Waals surface area contributed by atoms with E-state index in [0.29, 0.717) is 11.4 Å². The van der Waals surface area contributed by atoms with Crippen molar-refractivity contribution >= 4 is 38.7 Å². The fourth-order valence-corrected chi connectivity index (χ4v) is 3.40. The molecule has 8 heteroatoms. The molecule has 0 saturated carbocycles. The van der Waals surface area contributed by atoms with Crippen LogP contribution in [-0.4, -0.2) is 26.9 Å². The van der Waals surface area contributed by atoms with Crippen LogP contribution in [0.4, 0.5) is 10.8 Å². The van der Waals surface area contributed by atoms with Crippen LogP contribution in [0.25, 0.3) is 4.96 Å². The number of rotatable bonds is 5. The Morgan fingerprint density at radius 3 is 2.76 bits per heavy atom. The van der Waals surface area contributed by atoms with Crippen LogP contribution in [0, 0.1) is 0 Å². The van der Waals surface area contributed by atoms with Crippen LogP contribution in [0.3, 0.4) is 0 Å². The summed E-state index contributed by atoms with van der Waals surface area (Å²) in [4.78, 5) is 0.744. The highest BCUT2D eigenvalue weighted by atomic mass is 35.5. The zero-order valence-corrected chi connectivity index (χ0v) is 14.9. The predicted octanol–water partition coefficient (Wildman–Crippen LogP) is 4.18. The van der Waals surface area contributed by atoms with Gasteiger partial charge in [0.05, 0.1) is 7.11 Å². The van der Waals surface area contributed by atoms with E-state index in [1.807, 2.05) is 48.5 Å². The third-order valence-electron chi connectivity index (χ3n) is 3.65. The van der Waals surface area contributed by atoms with E-state index in [1.54, 1.807) is 11.6 Å². The standard InChI is InChI=1S/C17H14ClN5OS/c1-24-14-7-5-11(6-8-14)9-15-20-21-17-23(15)22-16(25-17)19-13-4-2-3-12(18)10-13/h2-8,10H,9H2,1H3,(H,19,22). The number of halogens is 1. The third kappa shape index (κ3) is 3.42. The van der Waals surface area contributed by atoms with Gasteiger partial charge in [-0.2, -0.15) is 4.52 Å². The van der Waals surface area contributed by atoms with Gasteiger partial charge in [0, 0.05) is 17.1 Å². The maximum Gasteiger partial charge on any atom is 0.236 e. The highest BCUT2D eigenvalue weighted by Gasteiger charge is 2.12. The van der Waals surface area contributed by atoms with Crippen molar-refractivity contribution in [3.8, 4) is 5.75 Å². The Bertz CT molecular complexity index is 1010. The molecule has 2 aromatic carbocycles. The van der Waals surface area contributed by atoms with Gasteiger partial charge in [0.1, 0.15) is 5.75 Å². The number of hydrogen-bond donors (Lipinski definition) is 1. The van der Waals surface area contributed by atoms with E-state index in [4.69, 9.17) is 16.3 Å². The molecule has 0 spiro atoms. The molecular weight excluding hydrogens is 358 g/mol. The number of nitrogens with zero attached hydrogens (tertiary/aromatic N) is 4. The van der Waals surface area contributed by atoms with Crippen LogP contribution in [0.15, 0.2) is 48.5 Å². The zero-order valence-electron chi connectivity index (χ0n) is 13.3. The molecule has 0 aliphatic rings. The summed E-state index contributed by atoms with van der Waals surface area (Å²) in [5.41, 5.74) is 2.00. The fraction of sp³-hybridized carbons (Fsp3) is 0.118. The minimum atomic E-state index is 0.644. The maximum atomic E-state index is 6.01. The number of nitrogens with one attached hydrogen (secondary N) is 1. The number of hydrogen-bond acceptors (Lipinski definition) is 6. The summed E-state index contributed by atoms with van der Waals surface area (Å²) in [6.07, 6.45) is 0.644. The van der Waals surface area contributed by atoms with Gasteiger partial charge in [-0.05, 0) is 35.9 Å². The summed E-state index contributed by atoms with van der Waals surface area (Å²) < 4.78 is 6.95. The van der Waals surface area contributed by atoms with Crippen molar-refractivity contribution in [2.24, 2.45) is 0 Å². The zero-order chi connectivity index (χ0) is 17.2. The molecule has 0 radical (unpaired) electrons. The summed E-state index contributed by atoms with van der Waals surface area (Å²) in [7, 11) is 1.65. The molecule has 0 unspecified atom stereocenters. The summed E-state index contributed by atoms with van der Waals surface area (Å²) in [6, 6.07) is 15.4. The summed E-state index contributed by atoms with van der Waals surface area (Å²) in [5.74, 6) is 1.62. The van der Waals surface area contributed by atoms with Gasteiger partial charge in [0.2, 0.25) is 10.1 Å². The smallest absolute Gasteiger partial charge is 0.236 e. The van der Waals surface area contributed by atoms with E-state index < -0.39 is 0 Å². The van der Waals surface area contributed by atoms with Gasteiger partial charge >= 0.3 is 0 Å². The number of aromatic nitrogens is 4. The molecule has 0 amide bonds. The van der Waals surface area contributed by atoms with E-state index in [1.165, 1.54) is 11.3 Å². The molecular formula is C17H14ClN5OS. The van der Waals surface area contributed by atoms with Crippen LogP contribution in [0.1, 0.15) is 11.4 Å². The number of benzene rings is 2. The second-order valence-corrected chi connectivity index (χ2v) is 6.77. The first-order valence-electron chi connectivity index (χ1n) is 7.58. The molecule has 4 aromatic rings. The molecule has 0 atom stereocenters. The van der Waals surface area contributed by atoms with Crippen molar-refractivity contribution in [2.45, 2.75) is 6.42 Å². The Balaban J connectivity index is 1.57. The molecule has 0 bridgehead atoms. The lowest BCUT2D eigenvalue weighted by Crippen LogP contribution is -1.99. The number of methoxy groups -OCH3 is 1. The first-order chi connectivity index (χ1) is 12.2. The quantitative estimate of drug-likeness (QED) is 0.570. The lowest BCUT2D eigenvalue weighted by molar-refractivity contribution is 0.414. The van der Waals surface area contributed by atoms with Crippen LogP contribution in [0.2, 0.25) is 5.02 Å². The van der Waals surface area contributed by atoms with Gasteiger partial charge in [-0.15, -0.1) is 15.3 Å². The predicted molar refractivity (Wildman–Crippen MR) is 99.2 cm³/mol. The Labute approximate surface area is 153 Å². The molecule has 1 N–H and O–H groups in total. The van der Waals surface area contributed by atoms with Crippen LogP contribution < -0.4 is 10.1 Å². The fourth-order valence-electron chi connectivity index (χ4n) is 2.43. The van der Waals surface area contributed by atoms with Gasteiger partial charge < -0.3 is 10.1 Å². The van der Waals surface area contributed by atoms with E-state index >= 15 is 0 Å². The second kappa shape index (κ2) is 6.70. The molecule has 0 aliphatic heterocycles. The molecule has 0 saturated heterocycles. The topological polar surface area (TPSA) is 64.3 Å². The molecule has 2 aromatic heterocycles. The van der Waals surface area contributed by atoms with Crippen molar-refractivity contribution in [3.63, 3.8) is 0 Å². The molecule has 0 fully saturated rings. The largest absolute Gasteiger partial charge is 0.497 e. The van der Waals surface area contributed by atoms with Crippen molar-refractivity contribution < 1.29 is 4.74 Å². The Hall–Kier alpha value is -2.64. The maximum absolute atomic E-state index is 6.01. The number of ether oxygens (including phenoxy) is 1. The molecule has 25 heavy (non-hydrogen) atoms. The average molecular weight is 372 g/mol. The molecule has 2 heterocycles. The molecule has 126 valence electrons. The van der Waals surface area contributed by atoms with Crippen LogP contribution in [-0.2, 0) is 6.42 Å². The van der Waals surface area contributed by atoms with Gasteiger partial charge in [0.15, 0.2) is 5.82 Å². The molecule has 6 nitrogen and oxygen atoms in total. The Morgan fingerprint density at radius 1 is 1.16 bits per heavy atom. The first-order valence-corrected chi connectivity index (χ1v) is 8.77. The summed E-state index contributed by atoms with van der Waals surface area (Å²) in [6.45, 7) is 0. The minimum Gasteiger partial charge on any atom is -0.497 e. The lowest BCUT2D eigenvalue weighted by atomic mass is 10.1. The number of fused-ring (bicyclic) bond motifs is 1. The van der Waals surface area contributed by atoms with Crippen molar-refractivity contribution in [1.82, 2.24) is 19.8 Å². The second-order valence-electron chi connectivity index (χ2n) is 5.38. The number of anilines is 2. The lowest BCUT2D eigenvalue weighted by Gasteiger charge is -2.02. The van der Waals surface area contributed by atoms with E-state index in [-0.39, 0.29) is 0 Å². The van der Waals surface area contributed by atoms with Gasteiger partial charge in [-0.25, -0.2) is 0 Å². The van der Waals surface area contributed by atoms with Crippen molar-refractivity contribution in [1.29, 1.82) is 0 Å². The minimum absolute atomic E-state index is 0.644. The van der Waals surface area contributed by atoms with Gasteiger partial charge in [-0.3, -0.25) is 0 Å². The van der Waals surface area contributed by atoms with Crippen LogP contribution in [0.5, 0.6) is 5.75 Å². The van der Waals surface area contributed by atoms with Gasteiger partial charge in [0.25, 0.3) is 0 Å². The normalized spacial score (nSPS) is 11.0. The molecule has 0 aliphatic carbocycles. The average Bonchev–Trinajstić information content (AvgIpc) is 3.17. The third-order valence-corrected chi connectivity index (χ3v) is 4.70. The van der Waals surface area contributed by atoms with E-state index in [0.717, 1.165) is 32.9 Å². The first kappa shape index (κ1) is 15.9. The summed E-state index contributed by atoms with van der Waals surface area (Å²) in [5, 5.41) is 17.7. The van der Waals surface area contributed by atoms with E-state index in [2.05, 4.69) is 20.6 Å². The monoisotopic (exact) mass is 371 g/mol.